The largest absolute Gasteiger partial charge is 0.396 e. The van der Waals surface area contributed by atoms with E-state index in [9.17, 15) is 0 Å². The van der Waals surface area contributed by atoms with Crippen molar-refractivity contribution in [2.45, 2.75) is 18.1 Å². The molecule has 2 unspecified atom stereocenters. The van der Waals surface area contributed by atoms with Crippen molar-refractivity contribution in [1.29, 1.82) is 0 Å². The summed E-state index contributed by atoms with van der Waals surface area (Å²) in [6, 6.07) is 0. The summed E-state index contributed by atoms with van der Waals surface area (Å²) in [6.45, 7) is 0.891. The minimum absolute atomic E-state index is 0.258. The minimum atomic E-state index is 0.258. The van der Waals surface area contributed by atoms with Gasteiger partial charge in [-0.05, 0) is 25.1 Å². The van der Waals surface area contributed by atoms with Crippen LogP contribution in [0.2, 0.25) is 0 Å². The van der Waals surface area contributed by atoms with E-state index in [0.29, 0.717) is 17.7 Å². The van der Waals surface area contributed by atoms with Crippen LogP contribution in [0.5, 0.6) is 0 Å². The molecule has 10 heavy (non-hydrogen) atoms. The fourth-order valence-corrected chi connectivity index (χ4v) is 2.76. The van der Waals surface area contributed by atoms with Crippen LogP contribution in [0, 0.1) is 5.92 Å². The van der Waals surface area contributed by atoms with Gasteiger partial charge in [0.25, 0.3) is 0 Å². The Morgan fingerprint density at radius 2 is 2.50 bits per heavy atom. The molecule has 0 amide bonds. The third-order valence-electron chi connectivity index (χ3n) is 2.03. The zero-order valence-corrected chi connectivity index (χ0v) is 6.94. The molecule has 2 atom stereocenters. The van der Waals surface area contributed by atoms with E-state index < -0.39 is 0 Å². The van der Waals surface area contributed by atoms with E-state index in [1.165, 1.54) is 18.6 Å². The lowest BCUT2D eigenvalue weighted by Gasteiger charge is -2.17. The summed E-state index contributed by atoms with van der Waals surface area (Å²) in [6.07, 6.45) is 2.54. The highest BCUT2D eigenvalue weighted by atomic mass is 32.2. The maximum absolute atomic E-state index is 8.89. The second-order valence-corrected chi connectivity index (χ2v) is 4.08. The van der Waals surface area contributed by atoms with Crippen LogP contribution in [0.1, 0.15) is 12.8 Å². The summed E-state index contributed by atoms with van der Waals surface area (Å²) < 4.78 is 0. The molecule has 0 aromatic carbocycles. The number of hydrogen-bond acceptors (Lipinski definition) is 3. The van der Waals surface area contributed by atoms with Gasteiger partial charge in [-0.2, -0.15) is 11.8 Å². The first-order valence-electron chi connectivity index (χ1n) is 3.81. The van der Waals surface area contributed by atoms with Gasteiger partial charge in [-0.3, -0.25) is 0 Å². The maximum atomic E-state index is 8.89. The van der Waals surface area contributed by atoms with Crippen molar-refractivity contribution in [2.24, 2.45) is 11.7 Å². The molecule has 1 aliphatic rings. The summed E-state index contributed by atoms with van der Waals surface area (Å²) in [5.41, 5.74) is 5.49. The Balaban J connectivity index is 2.29. The molecule has 0 aliphatic carbocycles. The van der Waals surface area contributed by atoms with E-state index in [1.807, 2.05) is 11.8 Å². The normalized spacial score (nSPS) is 28.8. The molecule has 1 rings (SSSR count). The third kappa shape index (κ3) is 1.87. The van der Waals surface area contributed by atoms with E-state index in [-0.39, 0.29) is 6.61 Å². The predicted molar refractivity (Wildman–Crippen MR) is 45.1 cm³/mol. The second kappa shape index (κ2) is 4.21. The molecule has 1 fully saturated rings. The third-order valence-corrected chi connectivity index (χ3v) is 3.60. The van der Waals surface area contributed by atoms with Gasteiger partial charge in [0.2, 0.25) is 0 Å². The fourth-order valence-electron chi connectivity index (χ4n) is 1.32. The molecule has 3 heteroatoms. The average Bonchev–Trinajstić information content (AvgIpc) is 2.43. The molecule has 0 saturated carbocycles. The number of aliphatic hydroxyl groups excluding tert-OH is 1. The number of rotatable bonds is 3. The van der Waals surface area contributed by atoms with E-state index in [4.69, 9.17) is 10.8 Å². The van der Waals surface area contributed by atoms with Crippen LogP contribution in [0.4, 0.5) is 0 Å². The van der Waals surface area contributed by atoms with Crippen molar-refractivity contribution in [1.82, 2.24) is 0 Å². The molecule has 0 spiro atoms. The van der Waals surface area contributed by atoms with Crippen LogP contribution in [0.15, 0.2) is 0 Å². The smallest absolute Gasteiger partial charge is 0.0481 e. The number of nitrogens with two attached hydrogens (primary N) is 1. The van der Waals surface area contributed by atoms with Crippen molar-refractivity contribution in [2.75, 3.05) is 18.9 Å². The molecule has 2 nitrogen and oxygen atoms in total. The first kappa shape index (κ1) is 8.37. The molecule has 0 radical (unpaired) electrons. The quantitative estimate of drug-likeness (QED) is 0.631. The topological polar surface area (TPSA) is 46.2 Å². The van der Waals surface area contributed by atoms with Crippen LogP contribution in [0.3, 0.4) is 0 Å². The Hall–Kier alpha value is 0.270. The van der Waals surface area contributed by atoms with Gasteiger partial charge in [-0.25, -0.2) is 0 Å². The molecule has 1 heterocycles. The number of thioether (sulfide) groups is 1. The Bertz CT molecular complexity index is 89.6. The van der Waals surface area contributed by atoms with Gasteiger partial charge < -0.3 is 10.8 Å². The van der Waals surface area contributed by atoms with Crippen molar-refractivity contribution in [3.63, 3.8) is 0 Å². The molecule has 0 bridgehead atoms. The molecular weight excluding hydrogens is 146 g/mol. The molecule has 3 N–H and O–H groups in total. The van der Waals surface area contributed by atoms with Crippen LogP contribution in [0.25, 0.3) is 0 Å². The van der Waals surface area contributed by atoms with Gasteiger partial charge in [-0.15, -0.1) is 0 Å². The van der Waals surface area contributed by atoms with Crippen molar-refractivity contribution in [3.8, 4) is 0 Å². The first-order chi connectivity index (χ1) is 4.88. The molecule has 60 valence electrons. The predicted octanol–water partition coefficient (Wildman–Crippen LogP) is 0.449. The van der Waals surface area contributed by atoms with Gasteiger partial charge in [0.15, 0.2) is 0 Å². The van der Waals surface area contributed by atoms with Crippen LogP contribution in [-0.2, 0) is 0 Å². The van der Waals surface area contributed by atoms with Crippen LogP contribution >= 0.6 is 11.8 Å². The lowest BCUT2D eigenvalue weighted by molar-refractivity contribution is 0.226. The lowest BCUT2D eigenvalue weighted by atomic mass is 10.0. The molecule has 1 aliphatic heterocycles. The Labute approximate surface area is 66.2 Å². The zero-order chi connectivity index (χ0) is 7.40. The van der Waals surface area contributed by atoms with E-state index in [2.05, 4.69) is 0 Å². The van der Waals surface area contributed by atoms with Gasteiger partial charge in [0, 0.05) is 17.8 Å². The lowest BCUT2D eigenvalue weighted by Crippen LogP contribution is -2.27. The van der Waals surface area contributed by atoms with Gasteiger partial charge in [-0.1, -0.05) is 0 Å². The van der Waals surface area contributed by atoms with Crippen molar-refractivity contribution >= 4 is 11.8 Å². The Morgan fingerprint density at radius 1 is 1.70 bits per heavy atom. The fraction of sp³-hybridized carbons (Fsp3) is 1.00. The summed E-state index contributed by atoms with van der Waals surface area (Å²) in [4.78, 5) is 0. The highest BCUT2D eigenvalue weighted by Gasteiger charge is 2.23. The first-order valence-corrected chi connectivity index (χ1v) is 4.86. The molecule has 0 aromatic heterocycles. The minimum Gasteiger partial charge on any atom is -0.396 e. The van der Waals surface area contributed by atoms with E-state index >= 15 is 0 Å². The van der Waals surface area contributed by atoms with Crippen molar-refractivity contribution in [3.05, 3.63) is 0 Å². The maximum Gasteiger partial charge on any atom is 0.0481 e. The zero-order valence-electron chi connectivity index (χ0n) is 6.12. The van der Waals surface area contributed by atoms with Crippen LogP contribution in [-0.4, -0.2) is 29.3 Å². The molecular formula is C7H15NOS. The van der Waals surface area contributed by atoms with Crippen LogP contribution < -0.4 is 5.73 Å². The number of aliphatic hydroxyl groups is 1. The summed E-state index contributed by atoms with van der Waals surface area (Å²) in [5, 5.41) is 9.53. The Morgan fingerprint density at radius 3 is 2.90 bits per heavy atom. The highest BCUT2D eigenvalue weighted by molar-refractivity contribution is 8.00. The summed E-state index contributed by atoms with van der Waals surface area (Å²) in [5.74, 6) is 1.59. The van der Waals surface area contributed by atoms with Crippen molar-refractivity contribution < 1.29 is 5.11 Å². The molecule has 0 aromatic rings. The molecule has 1 saturated heterocycles. The van der Waals surface area contributed by atoms with E-state index in [0.717, 1.165) is 0 Å². The second-order valence-electron chi connectivity index (χ2n) is 2.73. The Kier molecular flexibility index (Phi) is 3.52. The summed E-state index contributed by atoms with van der Waals surface area (Å²) >= 11 is 1.96. The van der Waals surface area contributed by atoms with E-state index in [1.54, 1.807) is 0 Å². The monoisotopic (exact) mass is 161 g/mol. The number of hydrogen-bond donors (Lipinski definition) is 2. The summed E-state index contributed by atoms with van der Waals surface area (Å²) in [7, 11) is 0. The standard InChI is InChI=1S/C7H15NOS/c8-4-6(5-9)7-2-1-3-10-7/h6-7,9H,1-5,8H2. The highest BCUT2D eigenvalue weighted by Crippen LogP contribution is 2.31. The van der Waals surface area contributed by atoms with Gasteiger partial charge in [0.1, 0.15) is 0 Å². The van der Waals surface area contributed by atoms with Gasteiger partial charge >= 0.3 is 0 Å². The SMILES string of the molecule is NCC(CO)C1CCCS1. The average molecular weight is 161 g/mol. The van der Waals surface area contributed by atoms with Gasteiger partial charge in [0.05, 0.1) is 0 Å².